The van der Waals surface area contributed by atoms with Crippen molar-refractivity contribution >= 4 is 5.97 Å². The predicted molar refractivity (Wildman–Crippen MR) is 81.6 cm³/mol. The van der Waals surface area contributed by atoms with Gasteiger partial charge in [-0.15, -0.1) is 0 Å². The normalized spacial score (nSPS) is 11.8. The lowest BCUT2D eigenvalue weighted by molar-refractivity contribution is -0.140. The third kappa shape index (κ3) is 5.63. The molecule has 1 unspecified atom stereocenters. The Morgan fingerprint density at radius 3 is 2.48 bits per heavy atom. The molecule has 5 heteroatoms. The van der Waals surface area contributed by atoms with Crippen LogP contribution in [-0.4, -0.2) is 26.3 Å². The number of hydrogen-bond acceptors (Lipinski definition) is 5. The fraction of sp³-hybridized carbons (Fsp3) is 0.562. The predicted octanol–water partition coefficient (Wildman–Crippen LogP) is 2.83. The summed E-state index contributed by atoms with van der Waals surface area (Å²) in [4.78, 5) is 11.1. The smallest absolute Gasteiger partial charge is 0.305 e. The first kappa shape index (κ1) is 17.3. The van der Waals surface area contributed by atoms with Gasteiger partial charge in [-0.2, -0.15) is 0 Å². The van der Waals surface area contributed by atoms with Crippen LogP contribution in [0.15, 0.2) is 18.2 Å². The Labute approximate surface area is 126 Å². The van der Waals surface area contributed by atoms with Gasteiger partial charge in [0.25, 0.3) is 0 Å². The lowest BCUT2D eigenvalue weighted by Gasteiger charge is -2.16. The van der Waals surface area contributed by atoms with E-state index in [2.05, 4.69) is 4.74 Å². The molecule has 0 heterocycles. The zero-order valence-corrected chi connectivity index (χ0v) is 13.1. The summed E-state index contributed by atoms with van der Waals surface area (Å²) in [7, 11) is 1.39. The van der Waals surface area contributed by atoms with Crippen LogP contribution < -0.4 is 15.2 Å². The van der Waals surface area contributed by atoms with Crippen molar-refractivity contribution in [2.45, 2.75) is 39.2 Å². The largest absolute Gasteiger partial charge is 0.490 e. The van der Waals surface area contributed by atoms with Crippen LogP contribution in [0.1, 0.15) is 44.7 Å². The average molecular weight is 295 g/mol. The number of benzene rings is 1. The molecule has 0 saturated carbocycles. The molecule has 0 fully saturated rings. The van der Waals surface area contributed by atoms with Gasteiger partial charge in [0.15, 0.2) is 11.5 Å². The van der Waals surface area contributed by atoms with E-state index in [1.807, 2.05) is 32.0 Å². The molecule has 0 aliphatic carbocycles. The summed E-state index contributed by atoms with van der Waals surface area (Å²) in [6.45, 7) is 5.02. The Morgan fingerprint density at radius 1 is 1.19 bits per heavy atom. The number of carbonyl (C=O) groups is 1. The Hall–Kier alpha value is -1.75. The summed E-state index contributed by atoms with van der Waals surface area (Å²) in [6, 6.07) is 5.60. The first-order valence-electron chi connectivity index (χ1n) is 7.34. The zero-order valence-electron chi connectivity index (χ0n) is 13.1. The van der Waals surface area contributed by atoms with Crippen LogP contribution in [0.25, 0.3) is 0 Å². The van der Waals surface area contributed by atoms with Crippen LogP contribution in [0.4, 0.5) is 0 Å². The standard InChI is InChI=1S/C16H25NO4/c1-4-20-14-10-9-12(11-15(14)21-5-2)13(17)7-6-8-16(18)19-3/h9-11,13H,4-8,17H2,1-3H3. The van der Waals surface area contributed by atoms with E-state index in [4.69, 9.17) is 15.2 Å². The highest BCUT2D eigenvalue weighted by molar-refractivity contribution is 5.69. The molecule has 1 aromatic carbocycles. The molecule has 1 atom stereocenters. The average Bonchev–Trinajstić information content (AvgIpc) is 2.49. The minimum atomic E-state index is -0.205. The topological polar surface area (TPSA) is 70.8 Å². The Bertz CT molecular complexity index is 448. The molecule has 0 aliphatic heterocycles. The third-order valence-electron chi connectivity index (χ3n) is 3.12. The molecule has 0 bridgehead atoms. The van der Waals surface area contributed by atoms with Crippen molar-refractivity contribution in [1.29, 1.82) is 0 Å². The van der Waals surface area contributed by atoms with E-state index < -0.39 is 0 Å². The maximum Gasteiger partial charge on any atom is 0.305 e. The summed E-state index contributed by atoms with van der Waals surface area (Å²) in [5.41, 5.74) is 7.14. The van der Waals surface area contributed by atoms with Gasteiger partial charge in [-0.25, -0.2) is 0 Å². The van der Waals surface area contributed by atoms with Crippen LogP contribution in [-0.2, 0) is 9.53 Å². The first-order chi connectivity index (χ1) is 10.1. The number of rotatable bonds is 9. The van der Waals surface area contributed by atoms with E-state index in [0.717, 1.165) is 11.3 Å². The van der Waals surface area contributed by atoms with Gasteiger partial charge in [-0.05, 0) is 44.4 Å². The Kier molecular flexibility index (Phi) is 7.61. The van der Waals surface area contributed by atoms with Crippen molar-refractivity contribution < 1.29 is 19.0 Å². The van der Waals surface area contributed by atoms with Crippen LogP contribution in [0.3, 0.4) is 0 Å². The van der Waals surface area contributed by atoms with Crippen molar-refractivity contribution in [3.63, 3.8) is 0 Å². The fourth-order valence-electron chi connectivity index (χ4n) is 2.03. The molecule has 1 rings (SSSR count). The van der Waals surface area contributed by atoms with Crippen LogP contribution in [0, 0.1) is 0 Å². The molecule has 0 aromatic heterocycles. The van der Waals surface area contributed by atoms with Gasteiger partial charge in [-0.3, -0.25) is 4.79 Å². The second-order valence-corrected chi connectivity index (χ2v) is 4.65. The van der Waals surface area contributed by atoms with E-state index in [0.29, 0.717) is 38.2 Å². The summed E-state index contributed by atoms with van der Waals surface area (Å²) in [5.74, 6) is 1.23. The molecular formula is C16H25NO4. The number of hydrogen-bond donors (Lipinski definition) is 1. The maximum atomic E-state index is 11.1. The lowest BCUT2D eigenvalue weighted by atomic mass is 10.0. The highest BCUT2D eigenvalue weighted by Crippen LogP contribution is 2.31. The fourth-order valence-corrected chi connectivity index (χ4v) is 2.03. The van der Waals surface area contributed by atoms with Gasteiger partial charge in [0.1, 0.15) is 0 Å². The molecule has 2 N–H and O–H groups in total. The molecular weight excluding hydrogens is 270 g/mol. The number of nitrogens with two attached hydrogens (primary N) is 1. The highest BCUT2D eigenvalue weighted by Gasteiger charge is 2.12. The van der Waals surface area contributed by atoms with E-state index >= 15 is 0 Å². The Balaban J connectivity index is 2.68. The van der Waals surface area contributed by atoms with Gasteiger partial charge < -0.3 is 19.9 Å². The number of esters is 1. The van der Waals surface area contributed by atoms with Gasteiger partial charge in [0, 0.05) is 12.5 Å². The minimum absolute atomic E-state index is 0.135. The van der Waals surface area contributed by atoms with Crippen molar-refractivity contribution in [2.24, 2.45) is 5.73 Å². The van der Waals surface area contributed by atoms with Crippen LogP contribution in [0.2, 0.25) is 0 Å². The number of carbonyl (C=O) groups excluding carboxylic acids is 1. The number of ether oxygens (including phenoxy) is 3. The van der Waals surface area contributed by atoms with Crippen LogP contribution >= 0.6 is 0 Å². The molecule has 5 nitrogen and oxygen atoms in total. The molecule has 0 saturated heterocycles. The summed E-state index contributed by atoms with van der Waals surface area (Å²) in [5, 5.41) is 0. The number of methoxy groups -OCH3 is 1. The third-order valence-corrected chi connectivity index (χ3v) is 3.12. The SMILES string of the molecule is CCOc1ccc(C(N)CCCC(=O)OC)cc1OCC. The van der Waals surface area contributed by atoms with Crippen molar-refractivity contribution in [2.75, 3.05) is 20.3 Å². The second-order valence-electron chi connectivity index (χ2n) is 4.65. The zero-order chi connectivity index (χ0) is 15.7. The first-order valence-corrected chi connectivity index (χ1v) is 7.34. The van der Waals surface area contributed by atoms with Crippen molar-refractivity contribution in [1.82, 2.24) is 0 Å². The second kappa shape index (κ2) is 9.23. The highest BCUT2D eigenvalue weighted by atomic mass is 16.5. The van der Waals surface area contributed by atoms with Crippen LogP contribution in [0.5, 0.6) is 11.5 Å². The summed E-state index contributed by atoms with van der Waals surface area (Å²) >= 11 is 0. The molecule has 118 valence electrons. The molecule has 0 amide bonds. The van der Waals surface area contributed by atoms with E-state index in [-0.39, 0.29) is 12.0 Å². The summed E-state index contributed by atoms with van der Waals surface area (Å²) in [6.07, 6.45) is 1.80. The molecule has 1 aromatic rings. The van der Waals surface area contributed by atoms with Gasteiger partial charge in [0.2, 0.25) is 0 Å². The minimum Gasteiger partial charge on any atom is -0.490 e. The lowest BCUT2D eigenvalue weighted by Crippen LogP contribution is -2.12. The van der Waals surface area contributed by atoms with Crippen molar-refractivity contribution in [3.8, 4) is 11.5 Å². The molecule has 0 spiro atoms. The quantitative estimate of drug-likeness (QED) is 0.709. The summed E-state index contributed by atoms with van der Waals surface area (Å²) < 4.78 is 15.7. The van der Waals surface area contributed by atoms with Gasteiger partial charge in [0.05, 0.1) is 20.3 Å². The van der Waals surface area contributed by atoms with E-state index in [1.54, 1.807) is 0 Å². The van der Waals surface area contributed by atoms with E-state index in [1.165, 1.54) is 7.11 Å². The van der Waals surface area contributed by atoms with Crippen molar-refractivity contribution in [3.05, 3.63) is 23.8 Å². The molecule has 0 aliphatic rings. The monoisotopic (exact) mass is 295 g/mol. The van der Waals surface area contributed by atoms with Gasteiger partial charge >= 0.3 is 5.97 Å². The van der Waals surface area contributed by atoms with E-state index in [9.17, 15) is 4.79 Å². The van der Waals surface area contributed by atoms with Gasteiger partial charge in [-0.1, -0.05) is 6.07 Å². The molecule has 0 radical (unpaired) electrons. The maximum absolute atomic E-state index is 11.1. The Morgan fingerprint density at radius 2 is 1.86 bits per heavy atom. The molecule has 21 heavy (non-hydrogen) atoms.